The van der Waals surface area contributed by atoms with E-state index in [1.807, 2.05) is 0 Å². The van der Waals surface area contributed by atoms with Gasteiger partial charge in [0.1, 0.15) is 0 Å². The summed E-state index contributed by atoms with van der Waals surface area (Å²) in [7, 11) is 0. The Morgan fingerprint density at radius 1 is 1.19 bits per heavy atom. The van der Waals surface area contributed by atoms with Crippen LogP contribution < -0.4 is 5.32 Å². The third-order valence-electron chi connectivity index (χ3n) is 4.21. The summed E-state index contributed by atoms with van der Waals surface area (Å²) in [5.41, 5.74) is 0.512. The molecule has 0 radical (unpaired) electrons. The van der Waals surface area contributed by atoms with E-state index in [4.69, 9.17) is 4.74 Å². The fraction of sp³-hybridized carbons (Fsp3) is 1.00. The summed E-state index contributed by atoms with van der Waals surface area (Å²) in [6.07, 6.45) is 5.63. The first-order valence-electron chi connectivity index (χ1n) is 6.84. The second-order valence-corrected chi connectivity index (χ2v) is 6.75. The molecule has 1 saturated carbocycles. The van der Waals surface area contributed by atoms with E-state index in [1.165, 1.54) is 25.7 Å². The predicted octanol–water partition coefficient (Wildman–Crippen LogP) is 2.97. The van der Waals surface area contributed by atoms with Crippen LogP contribution in [0, 0.1) is 11.3 Å². The molecular weight excluding hydrogens is 198 g/mol. The van der Waals surface area contributed by atoms with E-state index in [0.29, 0.717) is 23.6 Å². The van der Waals surface area contributed by atoms with E-state index in [0.717, 1.165) is 12.5 Å². The summed E-state index contributed by atoms with van der Waals surface area (Å²) in [6.45, 7) is 10.3. The van der Waals surface area contributed by atoms with Crippen LogP contribution in [0.25, 0.3) is 0 Å². The standard InChI is InChI=1S/C14H27NO/c1-10-7-12(9-14(3,4)8-10)15-13-5-6-16-11(13)2/h10-13,15H,5-9H2,1-4H3. The molecule has 94 valence electrons. The molecule has 1 saturated heterocycles. The molecule has 4 unspecified atom stereocenters. The zero-order valence-corrected chi connectivity index (χ0v) is 11.3. The van der Waals surface area contributed by atoms with Crippen LogP contribution in [-0.2, 0) is 4.74 Å². The van der Waals surface area contributed by atoms with E-state index >= 15 is 0 Å². The lowest BCUT2D eigenvalue weighted by Gasteiger charge is -2.40. The van der Waals surface area contributed by atoms with E-state index in [2.05, 4.69) is 33.0 Å². The molecule has 2 heteroatoms. The normalized spacial score (nSPS) is 43.5. The highest BCUT2D eigenvalue weighted by molar-refractivity contribution is 4.90. The molecule has 2 fully saturated rings. The Morgan fingerprint density at radius 3 is 2.50 bits per heavy atom. The molecule has 16 heavy (non-hydrogen) atoms. The zero-order valence-electron chi connectivity index (χ0n) is 11.3. The van der Waals surface area contributed by atoms with Gasteiger partial charge in [0.15, 0.2) is 0 Å². The van der Waals surface area contributed by atoms with Crippen LogP contribution in [0.15, 0.2) is 0 Å². The third kappa shape index (κ3) is 2.98. The zero-order chi connectivity index (χ0) is 11.8. The van der Waals surface area contributed by atoms with Gasteiger partial charge >= 0.3 is 0 Å². The van der Waals surface area contributed by atoms with Gasteiger partial charge in [-0.25, -0.2) is 0 Å². The van der Waals surface area contributed by atoms with Gasteiger partial charge in [-0.3, -0.25) is 0 Å². The third-order valence-corrected chi connectivity index (χ3v) is 4.21. The van der Waals surface area contributed by atoms with Crippen LogP contribution in [0.4, 0.5) is 0 Å². The minimum absolute atomic E-state index is 0.403. The SMILES string of the molecule is CC1CC(NC2CCOC2C)CC(C)(C)C1. The van der Waals surface area contributed by atoms with Gasteiger partial charge in [-0.05, 0) is 43.9 Å². The van der Waals surface area contributed by atoms with Crippen LogP contribution >= 0.6 is 0 Å². The summed E-state index contributed by atoms with van der Waals surface area (Å²) in [5, 5.41) is 3.83. The summed E-state index contributed by atoms with van der Waals surface area (Å²) in [5.74, 6) is 0.860. The lowest BCUT2D eigenvalue weighted by atomic mass is 9.70. The van der Waals surface area contributed by atoms with E-state index in [9.17, 15) is 0 Å². The van der Waals surface area contributed by atoms with Gasteiger partial charge in [0.25, 0.3) is 0 Å². The maximum absolute atomic E-state index is 5.62. The second-order valence-electron chi connectivity index (χ2n) is 6.75. The smallest absolute Gasteiger partial charge is 0.0700 e. The molecule has 0 bridgehead atoms. The molecule has 1 N–H and O–H groups in total. The molecule has 1 aliphatic heterocycles. The highest BCUT2D eigenvalue weighted by atomic mass is 16.5. The first kappa shape index (κ1) is 12.4. The summed E-state index contributed by atoms with van der Waals surface area (Å²) >= 11 is 0. The Bertz CT molecular complexity index is 239. The molecular formula is C14H27NO. The highest BCUT2D eigenvalue weighted by Gasteiger charge is 2.34. The van der Waals surface area contributed by atoms with Crippen molar-refractivity contribution in [3.05, 3.63) is 0 Å². The van der Waals surface area contributed by atoms with E-state index in [1.54, 1.807) is 0 Å². The van der Waals surface area contributed by atoms with Crippen molar-refractivity contribution in [3.63, 3.8) is 0 Å². The van der Waals surface area contributed by atoms with Gasteiger partial charge in [0.05, 0.1) is 6.10 Å². The van der Waals surface area contributed by atoms with Crippen LogP contribution in [-0.4, -0.2) is 24.8 Å². The number of rotatable bonds is 2. The van der Waals surface area contributed by atoms with Gasteiger partial charge in [-0.15, -0.1) is 0 Å². The molecule has 2 nitrogen and oxygen atoms in total. The van der Waals surface area contributed by atoms with Gasteiger partial charge < -0.3 is 10.1 Å². The van der Waals surface area contributed by atoms with Crippen molar-refractivity contribution in [1.82, 2.24) is 5.32 Å². The summed E-state index contributed by atoms with van der Waals surface area (Å²) in [6, 6.07) is 1.29. The average Bonchev–Trinajstić information content (AvgIpc) is 2.48. The first-order valence-corrected chi connectivity index (χ1v) is 6.84. The maximum Gasteiger partial charge on any atom is 0.0700 e. The molecule has 0 aromatic rings. The van der Waals surface area contributed by atoms with Crippen LogP contribution in [0.5, 0.6) is 0 Å². The second kappa shape index (κ2) is 4.66. The molecule has 1 heterocycles. The van der Waals surface area contributed by atoms with Gasteiger partial charge in [0.2, 0.25) is 0 Å². The molecule has 0 aromatic heterocycles. The van der Waals surface area contributed by atoms with Crippen molar-refractivity contribution in [3.8, 4) is 0 Å². The minimum Gasteiger partial charge on any atom is -0.377 e. The summed E-state index contributed by atoms with van der Waals surface area (Å²) < 4.78 is 5.62. The first-order chi connectivity index (χ1) is 7.46. The van der Waals surface area contributed by atoms with Gasteiger partial charge in [-0.1, -0.05) is 20.8 Å². The Hall–Kier alpha value is -0.0800. The van der Waals surface area contributed by atoms with Gasteiger partial charge in [-0.2, -0.15) is 0 Å². The Balaban J connectivity index is 1.89. The predicted molar refractivity (Wildman–Crippen MR) is 67.5 cm³/mol. The van der Waals surface area contributed by atoms with E-state index in [-0.39, 0.29) is 0 Å². The molecule has 1 aliphatic carbocycles. The van der Waals surface area contributed by atoms with E-state index < -0.39 is 0 Å². The number of hydrogen-bond acceptors (Lipinski definition) is 2. The topological polar surface area (TPSA) is 21.3 Å². The van der Waals surface area contributed by atoms with Crippen LogP contribution in [0.2, 0.25) is 0 Å². The minimum atomic E-state index is 0.403. The van der Waals surface area contributed by atoms with Crippen molar-refractivity contribution in [1.29, 1.82) is 0 Å². The van der Waals surface area contributed by atoms with Crippen LogP contribution in [0.3, 0.4) is 0 Å². The maximum atomic E-state index is 5.62. The molecule has 0 amide bonds. The van der Waals surface area contributed by atoms with Crippen molar-refractivity contribution >= 4 is 0 Å². The van der Waals surface area contributed by atoms with Crippen molar-refractivity contribution in [2.45, 2.75) is 71.6 Å². The monoisotopic (exact) mass is 225 g/mol. The quantitative estimate of drug-likeness (QED) is 0.780. The molecule has 0 spiro atoms. The highest BCUT2D eigenvalue weighted by Crippen LogP contribution is 2.38. The van der Waals surface area contributed by atoms with Crippen LogP contribution in [0.1, 0.15) is 53.4 Å². The average molecular weight is 225 g/mol. The fourth-order valence-corrected chi connectivity index (χ4v) is 3.73. The number of ether oxygens (including phenoxy) is 1. The lowest BCUT2D eigenvalue weighted by molar-refractivity contribution is 0.0973. The molecule has 2 rings (SSSR count). The number of nitrogens with one attached hydrogen (secondary N) is 1. The molecule has 2 aliphatic rings. The Kier molecular flexibility index (Phi) is 3.60. The fourth-order valence-electron chi connectivity index (χ4n) is 3.73. The Labute approximate surface area is 100 Å². The van der Waals surface area contributed by atoms with Gasteiger partial charge in [0, 0.05) is 18.7 Å². The lowest BCUT2D eigenvalue weighted by Crippen LogP contribution is -2.47. The number of hydrogen-bond donors (Lipinski definition) is 1. The molecule has 0 aromatic carbocycles. The van der Waals surface area contributed by atoms with Crippen molar-refractivity contribution in [2.75, 3.05) is 6.61 Å². The van der Waals surface area contributed by atoms with Crippen molar-refractivity contribution in [2.24, 2.45) is 11.3 Å². The Morgan fingerprint density at radius 2 is 1.94 bits per heavy atom. The molecule has 4 atom stereocenters. The van der Waals surface area contributed by atoms with Crippen molar-refractivity contribution < 1.29 is 4.74 Å². The summed E-state index contributed by atoms with van der Waals surface area (Å²) in [4.78, 5) is 0. The largest absolute Gasteiger partial charge is 0.377 e.